The van der Waals surface area contributed by atoms with Gasteiger partial charge in [0, 0.05) is 67.2 Å². The van der Waals surface area contributed by atoms with Crippen molar-refractivity contribution in [2.75, 3.05) is 25.5 Å². The molecule has 1 aliphatic rings. The van der Waals surface area contributed by atoms with Crippen LogP contribution in [0.15, 0.2) is 72.1 Å². The number of aromatic nitrogens is 1. The minimum absolute atomic E-state index is 0.0537. The number of halogens is 3. The number of hydrogen-bond donors (Lipinski definition) is 3. The third-order valence-electron chi connectivity index (χ3n) is 8.43. The maximum absolute atomic E-state index is 13.9. The van der Waals surface area contributed by atoms with Gasteiger partial charge in [0.2, 0.25) is 0 Å². The second kappa shape index (κ2) is 14.8. The number of amides is 2. The molecule has 254 valence electrons. The molecule has 1 aliphatic heterocycles. The van der Waals surface area contributed by atoms with Crippen LogP contribution in [0.2, 0.25) is 0 Å². The molecule has 0 bridgehead atoms. The molecule has 8 nitrogen and oxygen atoms in total. The first kappa shape index (κ1) is 34.9. The van der Waals surface area contributed by atoms with Crippen LogP contribution in [0.4, 0.5) is 18.9 Å². The number of carbonyl (C=O) groups is 2. The van der Waals surface area contributed by atoms with Gasteiger partial charge < -0.3 is 25.5 Å². The second-order valence-electron chi connectivity index (χ2n) is 12.5. The fourth-order valence-electron chi connectivity index (χ4n) is 5.98. The largest absolute Gasteiger partial charge is 0.508 e. The number of aromatic hydroxyl groups is 1. The van der Waals surface area contributed by atoms with Crippen molar-refractivity contribution in [3.8, 4) is 5.75 Å². The van der Waals surface area contributed by atoms with Gasteiger partial charge in [-0.3, -0.25) is 9.59 Å². The number of carbonyl (C=O) groups excluding carboxylic acids is 2. The van der Waals surface area contributed by atoms with Gasteiger partial charge in [-0.1, -0.05) is 30.3 Å². The molecule has 2 amide bonds. The number of alkyl halides is 3. The minimum Gasteiger partial charge on any atom is -0.508 e. The summed E-state index contributed by atoms with van der Waals surface area (Å²) < 4.78 is 39.9. The first-order chi connectivity index (χ1) is 22.8. The number of nitrogens with one attached hydrogen (secondary N) is 2. The first-order valence-corrected chi connectivity index (χ1v) is 16.7. The van der Waals surface area contributed by atoms with E-state index in [0.717, 1.165) is 41.2 Å². The molecular weight excluding hydrogens is 639 g/mol. The van der Waals surface area contributed by atoms with Crippen LogP contribution in [-0.2, 0) is 12.7 Å². The molecule has 0 spiro atoms. The third-order valence-corrected chi connectivity index (χ3v) is 9.49. The molecule has 0 aliphatic carbocycles. The van der Waals surface area contributed by atoms with Crippen LogP contribution in [0, 0.1) is 6.92 Å². The molecule has 3 atom stereocenters. The van der Waals surface area contributed by atoms with Crippen molar-refractivity contribution in [3.63, 3.8) is 0 Å². The van der Waals surface area contributed by atoms with Crippen molar-refractivity contribution < 1.29 is 27.9 Å². The number of likely N-dealkylation sites (tertiary alicyclic amines) is 1. The molecule has 1 saturated heterocycles. The molecule has 4 aromatic rings. The zero-order valence-electron chi connectivity index (χ0n) is 27.3. The summed E-state index contributed by atoms with van der Waals surface area (Å²) in [5.74, 6) is -0.460. The SMILES string of the molecule is Cc1csc([C@H]2CCCN2C(=O)c2cc(C(=O)N[C@@H](C)CC(NCc3cccc(C(F)(F)F)c3)c3cccc(O)c3)cc(N(C)C)c2)n1. The van der Waals surface area contributed by atoms with Gasteiger partial charge in [-0.2, -0.15) is 13.2 Å². The van der Waals surface area contributed by atoms with Crippen LogP contribution < -0.4 is 15.5 Å². The van der Waals surface area contributed by atoms with E-state index in [1.165, 1.54) is 12.1 Å². The van der Waals surface area contributed by atoms with Gasteiger partial charge in [-0.15, -0.1) is 11.3 Å². The molecule has 12 heteroatoms. The summed E-state index contributed by atoms with van der Waals surface area (Å²) in [6, 6.07) is 16.0. The lowest BCUT2D eigenvalue weighted by Gasteiger charge is -2.25. The zero-order chi connectivity index (χ0) is 34.6. The number of benzene rings is 3. The monoisotopic (exact) mass is 679 g/mol. The van der Waals surface area contributed by atoms with Gasteiger partial charge in [0.05, 0.1) is 11.6 Å². The summed E-state index contributed by atoms with van der Waals surface area (Å²) in [7, 11) is 3.70. The van der Waals surface area contributed by atoms with E-state index in [4.69, 9.17) is 0 Å². The van der Waals surface area contributed by atoms with Crippen LogP contribution in [-0.4, -0.2) is 53.5 Å². The topological polar surface area (TPSA) is 97.8 Å². The number of rotatable bonds is 11. The van der Waals surface area contributed by atoms with E-state index in [1.807, 2.05) is 49.2 Å². The van der Waals surface area contributed by atoms with Gasteiger partial charge in [0.15, 0.2) is 0 Å². The fraction of sp³-hybridized carbons (Fsp3) is 0.361. The number of hydrogen-bond acceptors (Lipinski definition) is 7. The van der Waals surface area contributed by atoms with Crippen molar-refractivity contribution >= 4 is 28.8 Å². The van der Waals surface area contributed by atoms with Crippen LogP contribution in [0.3, 0.4) is 0 Å². The lowest BCUT2D eigenvalue weighted by Crippen LogP contribution is -2.36. The van der Waals surface area contributed by atoms with Crippen molar-refractivity contribution in [1.82, 2.24) is 20.5 Å². The average molecular weight is 680 g/mol. The molecule has 5 rings (SSSR count). The number of nitrogens with zero attached hydrogens (tertiary/aromatic N) is 3. The number of phenols is 1. The Labute approximate surface area is 282 Å². The van der Waals surface area contributed by atoms with Gasteiger partial charge in [0.25, 0.3) is 11.8 Å². The fourth-order valence-corrected chi connectivity index (χ4v) is 6.92. The summed E-state index contributed by atoms with van der Waals surface area (Å²) in [6.45, 7) is 4.52. The van der Waals surface area contributed by atoms with Gasteiger partial charge in [-0.25, -0.2) is 4.98 Å². The van der Waals surface area contributed by atoms with Crippen molar-refractivity contribution in [2.45, 2.75) is 64.0 Å². The van der Waals surface area contributed by atoms with E-state index in [9.17, 15) is 27.9 Å². The number of anilines is 1. The Morgan fingerprint density at radius 3 is 2.52 bits per heavy atom. The van der Waals surface area contributed by atoms with E-state index in [2.05, 4.69) is 15.6 Å². The highest BCUT2D eigenvalue weighted by Gasteiger charge is 2.33. The van der Waals surface area contributed by atoms with E-state index in [1.54, 1.807) is 47.7 Å². The molecule has 3 N–H and O–H groups in total. The van der Waals surface area contributed by atoms with E-state index in [-0.39, 0.29) is 30.2 Å². The molecule has 2 heterocycles. The molecule has 1 unspecified atom stereocenters. The predicted molar refractivity (Wildman–Crippen MR) is 181 cm³/mol. The number of thiazole rings is 1. The molecule has 48 heavy (non-hydrogen) atoms. The highest BCUT2D eigenvalue weighted by Crippen LogP contribution is 2.35. The Morgan fingerprint density at radius 1 is 1.08 bits per heavy atom. The Bertz CT molecular complexity index is 1760. The van der Waals surface area contributed by atoms with Gasteiger partial charge in [-0.05, 0) is 80.6 Å². The second-order valence-corrected chi connectivity index (χ2v) is 13.4. The predicted octanol–water partition coefficient (Wildman–Crippen LogP) is 7.26. The highest BCUT2D eigenvalue weighted by molar-refractivity contribution is 7.09. The third kappa shape index (κ3) is 8.53. The molecule has 0 radical (unpaired) electrons. The Hall–Kier alpha value is -4.42. The maximum atomic E-state index is 13.9. The Kier molecular flexibility index (Phi) is 10.7. The van der Waals surface area contributed by atoms with E-state index in [0.29, 0.717) is 35.3 Å². The summed E-state index contributed by atoms with van der Waals surface area (Å²) in [4.78, 5) is 35.8. The summed E-state index contributed by atoms with van der Waals surface area (Å²) in [5, 5.41) is 19.4. The average Bonchev–Trinajstić information content (AvgIpc) is 3.71. The Balaban J connectivity index is 1.33. The first-order valence-electron chi connectivity index (χ1n) is 15.8. The standard InChI is InChI=1S/C36H40F3N5O3S/c1-22(14-31(25-9-6-11-30(45)19-25)40-20-24-8-5-10-28(15-24)36(37,38)39)41-33(46)26-16-27(18-29(17-26)43(3)4)35(47)44-13-7-12-32(44)34-42-23(2)21-48-34/h5-6,8-11,15-19,21-22,31-32,40,45H,7,12-14,20H2,1-4H3,(H,41,46)/t22-,31?,32+/m0/s1. The number of aryl methyl sites for hydroxylation is 1. The maximum Gasteiger partial charge on any atom is 0.416 e. The van der Waals surface area contributed by atoms with Crippen molar-refractivity contribution in [3.05, 3.63) is 111 Å². The molecule has 1 fully saturated rings. The molecule has 1 aromatic heterocycles. The summed E-state index contributed by atoms with van der Waals surface area (Å²) in [6.07, 6.45) is -2.38. The normalized spacial score (nSPS) is 16.1. The van der Waals surface area contributed by atoms with Crippen molar-refractivity contribution in [2.24, 2.45) is 0 Å². The smallest absolute Gasteiger partial charge is 0.416 e. The lowest BCUT2D eigenvalue weighted by molar-refractivity contribution is -0.137. The van der Waals surface area contributed by atoms with Crippen molar-refractivity contribution in [1.29, 1.82) is 0 Å². The van der Waals surface area contributed by atoms with Crippen LogP contribution in [0.1, 0.15) is 86.4 Å². The molecular formula is C36H40F3N5O3S. The van der Waals surface area contributed by atoms with Crippen LogP contribution >= 0.6 is 11.3 Å². The Morgan fingerprint density at radius 2 is 1.83 bits per heavy atom. The van der Waals surface area contributed by atoms with E-state index >= 15 is 0 Å². The van der Waals surface area contributed by atoms with E-state index < -0.39 is 23.8 Å². The lowest BCUT2D eigenvalue weighted by atomic mass is 9.98. The molecule has 0 saturated carbocycles. The van der Waals surface area contributed by atoms with Crippen LogP contribution in [0.5, 0.6) is 5.75 Å². The van der Waals surface area contributed by atoms with Gasteiger partial charge >= 0.3 is 6.18 Å². The van der Waals surface area contributed by atoms with Gasteiger partial charge in [0.1, 0.15) is 10.8 Å². The number of phenolic OH excluding ortho intramolecular Hbond substituents is 1. The highest BCUT2D eigenvalue weighted by atomic mass is 32.1. The molecule has 3 aromatic carbocycles. The summed E-state index contributed by atoms with van der Waals surface area (Å²) >= 11 is 1.55. The van der Waals surface area contributed by atoms with Crippen LogP contribution in [0.25, 0.3) is 0 Å². The zero-order valence-corrected chi connectivity index (χ0v) is 28.2. The summed E-state index contributed by atoms with van der Waals surface area (Å²) in [5.41, 5.74) is 2.83. The quantitative estimate of drug-likeness (QED) is 0.155. The minimum atomic E-state index is -4.45.